The number of rotatable bonds is 31. The Kier molecular flexibility index (Phi) is 51.2. The maximum absolute atomic E-state index is 13.5. The molecule has 0 aliphatic carbocycles. The first-order valence-corrected chi connectivity index (χ1v) is 51.4. The third-order valence-electron chi connectivity index (χ3n) is 19.0. The zero-order chi connectivity index (χ0) is 102. The molecule has 141 heavy (non-hydrogen) atoms. The van der Waals surface area contributed by atoms with Gasteiger partial charge in [-0.1, -0.05) is 236 Å². The highest BCUT2D eigenvalue weighted by Gasteiger charge is 2.13. The average Bonchev–Trinajstić information content (AvgIpc) is 0.869. The Morgan fingerprint density at radius 2 is 0.709 bits per heavy atom. The highest BCUT2D eigenvalue weighted by molar-refractivity contribution is 9.10. The molecule has 22 nitrogen and oxygen atoms in total. The first-order chi connectivity index (χ1) is 68.0. The standard InChI is InChI=1S/C22H19ClFN3OS.2C17H17BrN2OS2.C17H16F2N2OS2.C17H17N3O3S2.C14H14N2O/c1-15(26-27-22(29)25-18-9-12-21(24)20(23)13-18)17-7-10-19(11-8-17)28-14-16-5-3-2-4-6-16;1-12(19-20-17(22)23-2)14-5-9-16(10-6-14)21-11-13-3-7-15(18)8-4-13;1-12(19-20-17(22)23-2)14-6-8-16(9-7-14)21-11-13-4-3-5-15(18)10-13;1-11(20-21-17(23)24-2)12-4-7-15(8-5-12)22-10-13-3-6-14(18)9-16(13)19;1-12(18-19-17(24)25-2)14-6-8-16(9-7-14)23-11-13-4-3-5-15(10-13)20(21)22;15-16-10-12-6-8-14(9-7-12)17-11-13-4-2-1-3-5-13/h2-13H,14H2,1H3,(H2,25,27,29);2*3-10H,11H2,1-2H3,(H,20,22);3-9H,10H2,1-2H3,(H,21,23);3-10H,11H2,1-2H3,(H,19,24);1-10H,11,15H2/b26-15+;2*19-12+;20-11+;18-12+;16-10+. The smallest absolute Gasteiger partial charge is 0.269 e. The summed E-state index contributed by atoms with van der Waals surface area (Å²) in [4.78, 5) is 10.4. The second-order valence-corrected chi connectivity index (χ2v) is 37.8. The molecule has 0 spiro atoms. The van der Waals surface area contributed by atoms with E-state index >= 15 is 0 Å². The largest absolute Gasteiger partial charge is 0.489 e. The molecule has 13 aromatic carbocycles. The highest BCUT2D eigenvalue weighted by atomic mass is 79.9. The molecule has 0 bridgehead atoms. The fraction of sp³-hybridized carbons (Fsp3) is 0.144. The quantitative estimate of drug-likeness (QED) is 0.00699. The predicted octanol–water partition coefficient (Wildman–Crippen LogP) is 26.9. The van der Waals surface area contributed by atoms with Gasteiger partial charge in [0.25, 0.3) is 5.69 Å². The maximum Gasteiger partial charge on any atom is 0.269 e. The Morgan fingerprint density at radius 1 is 0.376 bits per heavy atom. The molecule has 0 aromatic heterocycles. The van der Waals surface area contributed by atoms with Crippen LogP contribution in [-0.2, 0) is 39.6 Å². The Hall–Kier alpha value is -12.4. The predicted molar refractivity (Wildman–Crippen MR) is 606 cm³/mol. The molecule has 37 heteroatoms. The minimum atomic E-state index is -0.620. The minimum absolute atomic E-state index is 0.0204. The normalized spacial score (nSPS) is 11.1. The first kappa shape index (κ1) is 114. The zero-order valence-electron chi connectivity index (χ0n) is 77.8. The van der Waals surface area contributed by atoms with E-state index in [1.807, 2.05) is 302 Å². The van der Waals surface area contributed by atoms with E-state index < -0.39 is 22.4 Å². The van der Waals surface area contributed by atoms with Crippen molar-refractivity contribution in [2.75, 3.05) is 30.3 Å². The van der Waals surface area contributed by atoms with Crippen LogP contribution in [0, 0.1) is 27.6 Å². The molecule has 0 heterocycles. The molecule has 0 radical (unpaired) electrons. The summed E-state index contributed by atoms with van der Waals surface area (Å²) in [7, 11) is 0. The van der Waals surface area contributed by atoms with Crippen molar-refractivity contribution in [3.8, 4) is 34.5 Å². The van der Waals surface area contributed by atoms with Gasteiger partial charge in [0.05, 0.1) is 44.7 Å². The van der Waals surface area contributed by atoms with Crippen molar-refractivity contribution >= 4 is 220 Å². The molecular weight excluding hydrogens is 2110 g/mol. The van der Waals surface area contributed by atoms with Gasteiger partial charge in [-0.15, -0.1) is 0 Å². The van der Waals surface area contributed by atoms with Crippen LogP contribution in [0.2, 0.25) is 5.02 Å². The number of hydrazone groups is 6. The second-order valence-electron chi connectivity index (χ2n) is 29.2. The van der Waals surface area contributed by atoms with Gasteiger partial charge in [0.2, 0.25) is 0 Å². The van der Waals surface area contributed by atoms with Gasteiger partial charge in [0.15, 0.2) is 22.4 Å². The van der Waals surface area contributed by atoms with Crippen LogP contribution in [-0.4, -0.2) is 87.1 Å². The lowest BCUT2D eigenvalue weighted by Gasteiger charge is -2.09. The molecule has 0 aliphatic heterocycles. The number of nitrogens with two attached hydrogens (primary N) is 1. The summed E-state index contributed by atoms with van der Waals surface area (Å²) in [5.74, 6) is 7.90. The van der Waals surface area contributed by atoms with Gasteiger partial charge in [-0.25, -0.2) is 13.2 Å². The molecule has 0 unspecified atom stereocenters. The molecular formula is C104H100Br2ClF3N14O8S9. The number of thiocarbonyl (C=S) groups is 5. The van der Waals surface area contributed by atoms with E-state index in [9.17, 15) is 23.3 Å². The first-order valence-electron chi connectivity index (χ1n) is 42.5. The summed E-state index contributed by atoms with van der Waals surface area (Å²) in [6.45, 7) is 11.9. The van der Waals surface area contributed by atoms with Gasteiger partial charge in [-0.05, 0) is 333 Å². The molecule has 0 aliphatic rings. The van der Waals surface area contributed by atoms with Gasteiger partial charge < -0.3 is 39.6 Å². The lowest BCUT2D eigenvalue weighted by atomic mass is 10.1. The number of nitro benzene ring substituents is 1. The van der Waals surface area contributed by atoms with Crippen molar-refractivity contribution in [2.24, 2.45) is 36.5 Å². The van der Waals surface area contributed by atoms with Gasteiger partial charge in [-0.3, -0.25) is 37.2 Å². The monoisotopic (exact) mass is 2210 g/mol. The fourth-order valence-electron chi connectivity index (χ4n) is 11.3. The molecule has 0 saturated carbocycles. The van der Waals surface area contributed by atoms with Gasteiger partial charge >= 0.3 is 0 Å². The van der Waals surface area contributed by atoms with Gasteiger partial charge in [0.1, 0.15) is 91.6 Å². The Labute approximate surface area is 885 Å². The highest BCUT2D eigenvalue weighted by Crippen LogP contribution is 2.26. The Balaban J connectivity index is 0.000000208. The number of hydrogen-bond donors (Lipinski definition) is 7. The molecule has 8 N–H and O–H groups in total. The number of non-ortho nitro benzene ring substituents is 1. The lowest BCUT2D eigenvalue weighted by Crippen LogP contribution is -2.25. The van der Waals surface area contributed by atoms with Crippen LogP contribution in [0.1, 0.15) is 101 Å². The third-order valence-corrected chi connectivity index (χ3v) is 24.7. The molecule has 13 aromatic rings. The van der Waals surface area contributed by atoms with E-state index in [2.05, 4.69) is 94.9 Å². The third kappa shape index (κ3) is 44.1. The zero-order valence-corrected chi connectivity index (χ0v) is 89.0. The SMILES string of the molecule is C/C(=N\NC(=S)Nc1ccc(F)c(Cl)c1)c1ccc(OCc2ccccc2)cc1.CSC(=S)N/N=C(\C)c1ccc(OCc2ccc(Br)cc2)cc1.CSC(=S)N/N=C(\C)c1ccc(OCc2ccc(F)cc2F)cc1.CSC(=S)N/N=C(\C)c1ccc(OCc2cccc(Br)c2)cc1.CSC(=S)N/N=C(\C)c1ccc(OCc2cccc([N+](=O)[O-])c2)cc1.N/N=C/c1ccc(OCc2ccccc2)cc1. The van der Waals surface area contributed by atoms with Crippen LogP contribution in [0.25, 0.3) is 0 Å². The van der Waals surface area contributed by atoms with Crippen LogP contribution >= 0.6 is 152 Å². The summed E-state index contributed by atoms with van der Waals surface area (Å²) >= 11 is 43.7. The number of thioether (sulfide) groups is 4. The van der Waals surface area contributed by atoms with Crippen LogP contribution in [0.3, 0.4) is 0 Å². The number of ether oxygens (including phenoxy) is 6. The number of benzene rings is 13. The Morgan fingerprint density at radius 3 is 1.06 bits per heavy atom. The number of hydrogen-bond acceptors (Lipinski definition) is 24. The number of nitrogens with one attached hydrogen (secondary N) is 6. The van der Waals surface area contributed by atoms with Crippen LogP contribution < -0.4 is 66.7 Å². The van der Waals surface area contributed by atoms with Crippen LogP contribution in [0.4, 0.5) is 24.5 Å². The molecule has 0 saturated heterocycles. The number of anilines is 1. The van der Waals surface area contributed by atoms with Gasteiger partial charge in [0, 0.05) is 38.4 Å². The summed E-state index contributed by atoms with van der Waals surface area (Å²) in [6, 6.07) is 96.0. The lowest BCUT2D eigenvalue weighted by molar-refractivity contribution is -0.384. The van der Waals surface area contributed by atoms with Crippen LogP contribution in [0.5, 0.6) is 34.5 Å². The van der Waals surface area contributed by atoms with Crippen molar-refractivity contribution in [1.29, 1.82) is 0 Å². The molecule has 13 rings (SSSR count). The van der Waals surface area contributed by atoms with Crippen LogP contribution in [0.15, 0.2) is 355 Å². The minimum Gasteiger partial charge on any atom is -0.489 e. The van der Waals surface area contributed by atoms with E-state index in [0.29, 0.717) is 66.5 Å². The molecule has 730 valence electrons. The van der Waals surface area contributed by atoms with E-state index in [-0.39, 0.29) is 29.0 Å². The molecule has 0 fully saturated rings. The van der Waals surface area contributed by atoms with E-state index in [4.69, 9.17) is 107 Å². The fourth-order valence-corrected chi connectivity index (χ4v) is 13.1. The van der Waals surface area contributed by atoms with Gasteiger partial charge in [-0.2, -0.15) is 30.6 Å². The summed E-state index contributed by atoms with van der Waals surface area (Å²) in [6.07, 6.45) is 9.18. The average molecular weight is 2210 g/mol. The maximum atomic E-state index is 13.5. The topological polar surface area (TPSA) is 271 Å². The van der Waals surface area contributed by atoms with E-state index in [1.165, 1.54) is 83.4 Å². The van der Waals surface area contributed by atoms with Crippen molar-refractivity contribution < 1.29 is 46.5 Å². The second kappa shape index (κ2) is 63.4. The Bertz CT molecular complexity index is 6410. The molecule has 0 amide bonds. The number of nitrogens with zero attached hydrogens (tertiary/aromatic N) is 7. The number of nitro groups is 1. The van der Waals surface area contributed by atoms with Crippen molar-refractivity contribution in [2.45, 2.75) is 74.3 Å². The summed E-state index contributed by atoms with van der Waals surface area (Å²) < 4.78 is 78.4. The van der Waals surface area contributed by atoms with E-state index in [0.717, 1.165) is 128 Å². The van der Waals surface area contributed by atoms with Crippen molar-refractivity contribution in [1.82, 2.24) is 27.1 Å². The number of halogens is 6. The van der Waals surface area contributed by atoms with Crippen molar-refractivity contribution in [3.05, 3.63) is 424 Å². The summed E-state index contributed by atoms with van der Waals surface area (Å²) in [5, 5.41) is 38.6. The summed E-state index contributed by atoms with van der Waals surface area (Å²) in [5.41, 5.74) is 30.1. The van der Waals surface area contributed by atoms with Crippen molar-refractivity contribution in [3.63, 3.8) is 0 Å². The van der Waals surface area contributed by atoms with E-state index in [1.54, 1.807) is 36.5 Å². The molecule has 0 atom stereocenters.